The van der Waals surface area contributed by atoms with Crippen molar-refractivity contribution in [3.05, 3.63) is 70.8 Å². The maximum absolute atomic E-state index is 6.56. The highest BCUT2D eigenvalue weighted by atomic mass is 35.5. The number of hydrogen-bond acceptors (Lipinski definition) is 6. The number of anilines is 2. The van der Waals surface area contributed by atoms with E-state index in [2.05, 4.69) is 50.6 Å². The molecule has 2 aromatic heterocycles. The van der Waals surface area contributed by atoms with Gasteiger partial charge < -0.3 is 10.6 Å². The van der Waals surface area contributed by atoms with E-state index in [1.807, 2.05) is 36.4 Å². The van der Waals surface area contributed by atoms with E-state index >= 15 is 0 Å². The average Bonchev–Trinajstić information content (AvgIpc) is 3.45. The van der Waals surface area contributed by atoms with Crippen molar-refractivity contribution in [2.24, 2.45) is 0 Å². The standard InChI is InChI=1S/C24H19ClN4S2/c25-21-13-17(9-11-22(21)30-18-6-2-1-3-7-18)29-23-20-14-19(31-24(20)28-15-27-23)10-8-16-5-4-12-26-16/h1-3,6-7,9,11,13-16,26H,4-5,12H2,(H,27,28,29)/t16-/m1/s1. The van der Waals surface area contributed by atoms with E-state index in [4.69, 9.17) is 11.6 Å². The fraction of sp³-hybridized carbons (Fsp3) is 0.167. The van der Waals surface area contributed by atoms with Crippen LogP contribution >= 0.6 is 34.7 Å². The second-order valence-electron chi connectivity index (χ2n) is 7.16. The summed E-state index contributed by atoms with van der Waals surface area (Å²) in [5.74, 6) is 7.37. The number of aromatic nitrogens is 2. The van der Waals surface area contributed by atoms with Gasteiger partial charge in [-0.1, -0.05) is 53.4 Å². The Morgan fingerprint density at radius 2 is 2.03 bits per heavy atom. The van der Waals surface area contributed by atoms with Crippen LogP contribution in [0.1, 0.15) is 17.7 Å². The predicted molar refractivity (Wildman–Crippen MR) is 131 cm³/mol. The normalized spacial score (nSPS) is 15.6. The van der Waals surface area contributed by atoms with E-state index in [1.165, 1.54) is 6.42 Å². The van der Waals surface area contributed by atoms with Crippen LogP contribution in [0.3, 0.4) is 0 Å². The number of halogens is 1. The molecule has 2 aromatic carbocycles. The number of rotatable bonds is 4. The van der Waals surface area contributed by atoms with Gasteiger partial charge >= 0.3 is 0 Å². The Morgan fingerprint density at radius 3 is 2.84 bits per heavy atom. The quantitative estimate of drug-likeness (QED) is 0.346. The number of benzene rings is 2. The second kappa shape index (κ2) is 9.29. The van der Waals surface area contributed by atoms with E-state index in [9.17, 15) is 0 Å². The summed E-state index contributed by atoms with van der Waals surface area (Å²) in [7, 11) is 0. The zero-order chi connectivity index (χ0) is 21.0. The molecule has 3 heterocycles. The first-order chi connectivity index (χ1) is 15.2. The fourth-order valence-electron chi connectivity index (χ4n) is 3.40. The van der Waals surface area contributed by atoms with E-state index in [-0.39, 0.29) is 0 Å². The zero-order valence-electron chi connectivity index (χ0n) is 16.6. The minimum atomic E-state index is 0.295. The molecule has 7 heteroatoms. The maximum Gasteiger partial charge on any atom is 0.142 e. The topological polar surface area (TPSA) is 49.8 Å². The lowest BCUT2D eigenvalue weighted by atomic mass is 10.2. The van der Waals surface area contributed by atoms with Crippen molar-refractivity contribution < 1.29 is 0 Å². The Labute approximate surface area is 194 Å². The Bertz CT molecular complexity index is 1270. The maximum atomic E-state index is 6.56. The van der Waals surface area contributed by atoms with Crippen LogP contribution in [0, 0.1) is 11.8 Å². The molecule has 0 unspecified atom stereocenters. The molecule has 4 nitrogen and oxygen atoms in total. The van der Waals surface area contributed by atoms with Crippen LogP contribution in [-0.4, -0.2) is 22.6 Å². The molecule has 0 aliphatic carbocycles. The van der Waals surface area contributed by atoms with Crippen molar-refractivity contribution in [2.75, 3.05) is 11.9 Å². The van der Waals surface area contributed by atoms with Crippen molar-refractivity contribution in [1.29, 1.82) is 0 Å². The van der Waals surface area contributed by atoms with Gasteiger partial charge in [-0.25, -0.2) is 9.97 Å². The summed E-state index contributed by atoms with van der Waals surface area (Å²) in [5.41, 5.74) is 0.886. The number of thiophene rings is 1. The summed E-state index contributed by atoms with van der Waals surface area (Å²) in [4.78, 5) is 13.0. The summed E-state index contributed by atoms with van der Waals surface area (Å²) < 4.78 is 0. The molecule has 1 fully saturated rings. The summed E-state index contributed by atoms with van der Waals surface area (Å²) in [6, 6.07) is 18.5. The third-order valence-corrected chi connectivity index (χ3v) is 7.39. The first-order valence-corrected chi connectivity index (χ1v) is 12.0. The van der Waals surface area contributed by atoms with Gasteiger partial charge in [-0.3, -0.25) is 0 Å². The van der Waals surface area contributed by atoms with Gasteiger partial charge in [-0.15, -0.1) is 11.3 Å². The van der Waals surface area contributed by atoms with Crippen LogP contribution in [0.5, 0.6) is 0 Å². The van der Waals surface area contributed by atoms with Crippen LogP contribution in [0.25, 0.3) is 10.2 Å². The molecule has 154 valence electrons. The molecular weight excluding hydrogens is 444 g/mol. The third-order valence-electron chi connectivity index (χ3n) is 4.92. The third kappa shape index (κ3) is 4.86. The highest BCUT2D eigenvalue weighted by Gasteiger charge is 2.12. The molecule has 0 saturated carbocycles. The zero-order valence-corrected chi connectivity index (χ0v) is 18.9. The lowest BCUT2D eigenvalue weighted by Crippen LogP contribution is -2.18. The number of nitrogens with zero attached hydrogens (tertiary/aromatic N) is 2. The van der Waals surface area contributed by atoms with Crippen molar-refractivity contribution >= 4 is 56.4 Å². The molecule has 1 aliphatic heterocycles. The van der Waals surface area contributed by atoms with E-state index in [0.29, 0.717) is 11.1 Å². The van der Waals surface area contributed by atoms with Crippen molar-refractivity contribution in [2.45, 2.75) is 28.7 Å². The van der Waals surface area contributed by atoms with Crippen LogP contribution in [0.4, 0.5) is 11.5 Å². The highest BCUT2D eigenvalue weighted by molar-refractivity contribution is 7.99. The Hall–Kier alpha value is -2.56. The van der Waals surface area contributed by atoms with Gasteiger partial charge in [0.05, 0.1) is 21.3 Å². The lowest BCUT2D eigenvalue weighted by molar-refractivity contribution is 0.749. The van der Waals surface area contributed by atoms with Crippen LogP contribution in [0.15, 0.2) is 70.7 Å². The van der Waals surface area contributed by atoms with E-state index in [1.54, 1.807) is 29.4 Å². The lowest BCUT2D eigenvalue weighted by Gasteiger charge is -2.09. The molecule has 1 saturated heterocycles. The Kier molecular flexibility index (Phi) is 6.10. The van der Waals surface area contributed by atoms with Crippen molar-refractivity contribution in [3.8, 4) is 11.8 Å². The van der Waals surface area contributed by atoms with Gasteiger partial charge in [0.15, 0.2) is 0 Å². The van der Waals surface area contributed by atoms with Gasteiger partial charge in [0.1, 0.15) is 17.0 Å². The molecule has 0 amide bonds. The molecule has 31 heavy (non-hydrogen) atoms. The summed E-state index contributed by atoms with van der Waals surface area (Å²) >= 11 is 9.79. The Balaban J connectivity index is 1.36. The molecule has 5 rings (SSSR count). The minimum Gasteiger partial charge on any atom is -0.340 e. The first-order valence-electron chi connectivity index (χ1n) is 10.0. The minimum absolute atomic E-state index is 0.295. The average molecular weight is 463 g/mol. The largest absolute Gasteiger partial charge is 0.340 e. The van der Waals surface area contributed by atoms with Crippen molar-refractivity contribution in [3.63, 3.8) is 0 Å². The SMILES string of the molecule is Clc1cc(Nc2ncnc3sc(C#C[C@H]4CCCN4)cc23)ccc1Sc1ccccc1. The van der Waals surface area contributed by atoms with Gasteiger partial charge in [-0.05, 0) is 55.8 Å². The molecule has 1 atom stereocenters. The highest BCUT2D eigenvalue weighted by Crippen LogP contribution is 2.36. The van der Waals surface area contributed by atoms with Crippen LogP contribution in [0.2, 0.25) is 5.02 Å². The second-order valence-corrected chi connectivity index (χ2v) is 9.71. The molecule has 2 N–H and O–H groups in total. The monoisotopic (exact) mass is 462 g/mol. The fourth-order valence-corrected chi connectivity index (χ4v) is 5.39. The van der Waals surface area contributed by atoms with Crippen molar-refractivity contribution in [1.82, 2.24) is 15.3 Å². The predicted octanol–water partition coefficient (Wildman–Crippen LogP) is 6.34. The molecule has 0 spiro atoms. The molecule has 4 aromatic rings. The Morgan fingerprint density at radius 1 is 1.13 bits per heavy atom. The molecule has 0 radical (unpaired) electrons. The number of hydrogen-bond donors (Lipinski definition) is 2. The van der Waals surface area contributed by atoms with Gasteiger partial charge in [0.25, 0.3) is 0 Å². The van der Waals surface area contributed by atoms with E-state index in [0.717, 1.165) is 49.4 Å². The summed E-state index contributed by atoms with van der Waals surface area (Å²) in [6.07, 6.45) is 3.89. The van der Waals surface area contributed by atoms with Gasteiger partial charge in [0, 0.05) is 15.5 Å². The summed E-state index contributed by atoms with van der Waals surface area (Å²) in [6.45, 7) is 1.05. The van der Waals surface area contributed by atoms with Gasteiger partial charge in [0.2, 0.25) is 0 Å². The van der Waals surface area contributed by atoms with Crippen LogP contribution in [-0.2, 0) is 0 Å². The summed E-state index contributed by atoms with van der Waals surface area (Å²) in [5, 5.41) is 8.46. The number of fused-ring (bicyclic) bond motifs is 1. The van der Waals surface area contributed by atoms with Gasteiger partial charge in [-0.2, -0.15) is 0 Å². The first kappa shape index (κ1) is 20.3. The van der Waals surface area contributed by atoms with E-state index < -0.39 is 0 Å². The smallest absolute Gasteiger partial charge is 0.142 e. The molecular formula is C24H19ClN4S2. The molecule has 1 aliphatic rings. The number of nitrogens with one attached hydrogen (secondary N) is 2. The van der Waals surface area contributed by atoms with Crippen LogP contribution < -0.4 is 10.6 Å². The molecule has 0 bridgehead atoms.